The molecular weight excluding hydrogens is 353 g/mol. The summed E-state index contributed by atoms with van der Waals surface area (Å²) in [6.07, 6.45) is 0.0463. The van der Waals surface area contributed by atoms with Crippen LogP contribution in [0, 0.1) is 5.82 Å². The summed E-state index contributed by atoms with van der Waals surface area (Å²) in [7, 11) is -3.57. The minimum absolute atomic E-state index is 0.0463. The summed E-state index contributed by atoms with van der Waals surface area (Å²) < 4.78 is 35.8. The molecule has 7 heteroatoms. The average molecular weight is 361 g/mol. The van der Waals surface area contributed by atoms with Gasteiger partial charge in [0, 0.05) is 10.0 Å². The van der Waals surface area contributed by atoms with E-state index in [1.807, 2.05) is 0 Å². The highest BCUT2D eigenvalue weighted by Gasteiger charge is 2.13. The Bertz CT molecular complexity index is 476. The van der Waals surface area contributed by atoms with Gasteiger partial charge in [0.2, 0.25) is 10.0 Å². The molecule has 0 aromatic heterocycles. The summed E-state index contributed by atoms with van der Waals surface area (Å²) in [4.78, 5) is 0. The van der Waals surface area contributed by atoms with Gasteiger partial charge in [-0.2, -0.15) is 0 Å². The standard InChI is InChI=1S/C8H8Br2FNO2S/c9-6-1-2-7(10)8(11)5(6)3-4-15(12,13)14/h1-2H,3-4H2,(H2,12,13,14). The smallest absolute Gasteiger partial charge is 0.209 e. The predicted octanol–water partition coefficient (Wildman–Crippen LogP) is 2.18. The lowest BCUT2D eigenvalue weighted by Crippen LogP contribution is -2.18. The number of benzene rings is 1. The van der Waals surface area contributed by atoms with Crippen LogP contribution in [-0.2, 0) is 16.4 Å². The average Bonchev–Trinajstić information content (AvgIpc) is 2.10. The Morgan fingerprint density at radius 1 is 1.27 bits per heavy atom. The van der Waals surface area contributed by atoms with Crippen LogP contribution in [0.1, 0.15) is 5.56 Å². The Balaban J connectivity index is 2.99. The minimum Gasteiger partial charge on any atom is -0.229 e. The van der Waals surface area contributed by atoms with Crippen molar-refractivity contribution in [3.8, 4) is 0 Å². The van der Waals surface area contributed by atoms with E-state index in [1.165, 1.54) is 0 Å². The molecule has 0 saturated carbocycles. The van der Waals surface area contributed by atoms with E-state index in [1.54, 1.807) is 12.1 Å². The van der Waals surface area contributed by atoms with Gasteiger partial charge in [-0.1, -0.05) is 15.9 Å². The van der Waals surface area contributed by atoms with E-state index < -0.39 is 15.8 Å². The topological polar surface area (TPSA) is 60.2 Å². The molecule has 0 spiro atoms. The third-order valence-corrected chi connectivity index (χ3v) is 3.90. The van der Waals surface area contributed by atoms with Crippen molar-refractivity contribution in [2.24, 2.45) is 5.14 Å². The molecule has 0 fully saturated rings. The molecule has 1 aromatic carbocycles. The van der Waals surface area contributed by atoms with Crippen LogP contribution in [-0.4, -0.2) is 14.2 Å². The maximum Gasteiger partial charge on any atom is 0.209 e. The summed E-state index contributed by atoms with van der Waals surface area (Å²) in [5.74, 6) is -0.744. The van der Waals surface area contributed by atoms with E-state index in [2.05, 4.69) is 31.9 Å². The molecule has 0 saturated heterocycles. The number of rotatable bonds is 3. The number of primary sulfonamides is 1. The Morgan fingerprint density at radius 3 is 2.33 bits per heavy atom. The molecular formula is C8H8Br2FNO2S. The summed E-state index contributed by atoms with van der Waals surface area (Å²) in [6.45, 7) is 0. The van der Waals surface area contributed by atoms with E-state index in [9.17, 15) is 12.8 Å². The van der Waals surface area contributed by atoms with Crippen LogP contribution in [0.2, 0.25) is 0 Å². The molecule has 0 aliphatic heterocycles. The van der Waals surface area contributed by atoms with Crippen LogP contribution in [0.5, 0.6) is 0 Å². The van der Waals surface area contributed by atoms with Gasteiger partial charge in [-0.05, 0) is 34.5 Å². The molecule has 1 rings (SSSR count). The third-order valence-electron chi connectivity index (χ3n) is 1.78. The zero-order valence-electron chi connectivity index (χ0n) is 7.50. The number of sulfonamides is 1. The molecule has 15 heavy (non-hydrogen) atoms. The van der Waals surface area contributed by atoms with Crippen LogP contribution in [0.3, 0.4) is 0 Å². The van der Waals surface area contributed by atoms with Gasteiger partial charge in [0.05, 0.1) is 10.2 Å². The van der Waals surface area contributed by atoms with Gasteiger partial charge in [0.25, 0.3) is 0 Å². The second-order valence-corrected chi connectivity index (χ2v) is 6.38. The molecule has 0 heterocycles. The van der Waals surface area contributed by atoms with Gasteiger partial charge in [0.15, 0.2) is 0 Å². The van der Waals surface area contributed by atoms with Gasteiger partial charge in [-0.3, -0.25) is 0 Å². The van der Waals surface area contributed by atoms with Crippen molar-refractivity contribution in [2.75, 3.05) is 5.75 Å². The van der Waals surface area contributed by atoms with Crippen molar-refractivity contribution in [3.63, 3.8) is 0 Å². The van der Waals surface area contributed by atoms with Crippen molar-refractivity contribution >= 4 is 41.9 Å². The van der Waals surface area contributed by atoms with Crippen LogP contribution in [0.25, 0.3) is 0 Å². The molecule has 84 valence electrons. The second kappa shape index (κ2) is 4.90. The highest BCUT2D eigenvalue weighted by Crippen LogP contribution is 2.26. The largest absolute Gasteiger partial charge is 0.229 e. The lowest BCUT2D eigenvalue weighted by Gasteiger charge is -2.06. The molecule has 0 radical (unpaired) electrons. The minimum atomic E-state index is -3.57. The first-order valence-corrected chi connectivity index (χ1v) is 7.24. The Kier molecular flexibility index (Phi) is 4.28. The summed E-state index contributed by atoms with van der Waals surface area (Å²) >= 11 is 6.18. The zero-order valence-corrected chi connectivity index (χ0v) is 11.5. The first-order valence-electron chi connectivity index (χ1n) is 3.94. The van der Waals surface area contributed by atoms with Crippen molar-refractivity contribution in [1.82, 2.24) is 0 Å². The number of hydrogen-bond acceptors (Lipinski definition) is 2. The maximum atomic E-state index is 13.5. The fraction of sp³-hybridized carbons (Fsp3) is 0.250. The molecule has 0 aliphatic rings. The van der Waals surface area contributed by atoms with Crippen molar-refractivity contribution < 1.29 is 12.8 Å². The first kappa shape index (κ1) is 13.1. The SMILES string of the molecule is NS(=O)(=O)CCc1c(Br)ccc(Br)c1F. The van der Waals surface area contributed by atoms with Gasteiger partial charge in [-0.25, -0.2) is 17.9 Å². The Morgan fingerprint density at radius 2 is 1.80 bits per heavy atom. The maximum absolute atomic E-state index is 13.5. The van der Waals surface area contributed by atoms with Gasteiger partial charge in [-0.15, -0.1) is 0 Å². The summed E-state index contributed by atoms with van der Waals surface area (Å²) in [5, 5.41) is 4.84. The first-order chi connectivity index (χ1) is 6.81. The summed E-state index contributed by atoms with van der Waals surface area (Å²) in [6, 6.07) is 3.19. The van der Waals surface area contributed by atoms with Crippen molar-refractivity contribution in [2.45, 2.75) is 6.42 Å². The van der Waals surface area contributed by atoms with E-state index in [0.717, 1.165) is 0 Å². The highest BCUT2D eigenvalue weighted by atomic mass is 79.9. The fourth-order valence-electron chi connectivity index (χ4n) is 1.04. The second-order valence-electron chi connectivity index (χ2n) is 2.94. The summed E-state index contributed by atoms with van der Waals surface area (Å²) in [5.41, 5.74) is 0.304. The van der Waals surface area contributed by atoms with Crippen LogP contribution in [0.4, 0.5) is 4.39 Å². The number of halogens is 3. The Labute approximate surface area is 104 Å². The van der Waals surface area contributed by atoms with E-state index in [0.29, 0.717) is 14.5 Å². The molecule has 0 aliphatic carbocycles. The molecule has 2 N–H and O–H groups in total. The van der Waals surface area contributed by atoms with E-state index in [-0.39, 0.29) is 12.2 Å². The lowest BCUT2D eigenvalue weighted by atomic mass is 10.1. The van der Waals surface area contributed by atoms with Crippen molar-refractivity contribution in [1.29, 1.82) is 0 Å². The van der Waals surface area contributed by atoms with Crippen molar-refractivity contribution in [3.05, 3.63) is 32.5 Å². The normalized spacial score (nSPS) is 11.7. The molecule has 0 bridgehead atoms. The van der Waals surface area contributed by atoms with Crippen LogP contribution >= 0.6 is 31.9 Å². The van der Waals surface area contributed by atoms with Gasteiger partial charge < -0.3 is 0 Å². The fourth-order valence-corrected chi connectivity index (χ4v) is 2.41. The molecule has 3 nitrogen and oxygen atoms in total. The lowest BCUT2D eigenvalue weighted by molar-refractivity contribution is 0.590. The molecule has 0 atom stereocenters. The van der Waals surface area contributed by atoms with Gasteiger partial charge in [0.1, 0.15) is 5.82 Å². The molecule has 1 aromatic rings. The van der Waals surface area contributed by atoms with Gasteiger partial charge >= 0.3 is 0 Å². The van der Waals surface area contributed by atoms with Crippen LogP contribution in [0.15, 0.2) is 21.1 Å². The number of hydrogen-bond donors (Lipinski definition) is 1. The molecule has 0 unspecified atom stereocenters. The monoisotopic (exact) mass is 359 g/mol. The third kappa shape index (κ3) is 3.82. The van der Waals surface area contributed by atoms with E-state index in [4.69, 9.17) is 5.14 Å². The Hall–Kier alpha value is 0.0200. The highest BCUT2D eigenvalue weighted by molar-refractivity contribution is 9.11. The molecule has 0 amide bonds. The van der Waals surface area contributed by atoms with E-state index >= 15 is 0 Å². The van der Waals surface area contributed by atoms with Crippen LogP contribution < -0.4 is 5.14 Å². The quantitative estimate of drug-likeness (QED) is 0.840. The zero-order chi connectivity index (χ0) is 11.6. The number of nitrogens with two attached hydrogens (primary N) is 1. The predicted molar refractivity (Wildman–Crippen MR) is 63.5 cm³/mol.